The van der Waals surface area contributed by atoms with E-state index in [1.807, 2.05) is 61.5 Å². The van der Waals surface area contributed by atoms with Crippen LogP contribution in [0.25, 0.3) is 5.70 Å². The van der Waals surface area contributed by atoms with Crippen LogP contribution < -0.4 is 19.7 Å². The molecule has 24 heavy (non-hydrogen) atoms. The lowest BCUT2D eigenvalue weighted by atomic mass is 10.1. The smallest absolute Gasteiger partial charge is 0.144 e. The van der Waals surface area contributed by atoms with Crippen molar-refractivity contribution in [1.82, 2.24) is 0 Å². The predicted molar refractivity (Wildman–Crippen MR) is 98.0 cm³/mol. The molecular weight excluding hydrogens is 304 g/mol. The highest BCUT2D eigenvalue weighted by Gasteiger charge is 2.15. The van der Waals surface area contributed by atoms with E-state index in [-0.39, 0.29) is 0 Å². The van der Waals surface area contributed by atoms with Crippen molar-refractivity contribution in [3.05, 3.63) is 54.1 Å². The van der Waals surface area contributed by atoms with E-state index in [1.54, 1.807) is 14.2 Å². The number of carbonyl (C=O) groups excluding carboxylic acids is 1. The number of methoxy groups -OCH3 is 2. The van der Waals surface area contributed by atoms with Gasteiger partial charge >= 0.3 is 0 Å². The van der Waals surface area contributed by atoms with Gasteiger partial charge in [0.15, 0.2) is 0 Å². The first kappa shape index (κ1) is 17.4. The molecule has 2 rings (SSSR count). The molecule has 2 aromatic rings. The van der Waals surface area contributed by atoms with E-state index < -0.39 is 0 Å². The predicted octanol–water partition coefficient (Wildman–Crippen LogP) is 3.42. The molecule has 0 saturated heterocycles. The fraction of sp³-hybridized carbons (Fsp3) is 0.211. The minimum Gasteiger partial charge on any atom is -0.496 e. The van der Waals surface area contributed by atoms with E-state index in [4.69, 9.17) is 9.47 Å². The quantitative estimate of drug-likeness (QED) is 0.624. The third kappa shape index (κ3) is 3.51. The average molecular weight is 326 g/mol. The third-order valence-corrected chi connectivity index (χ3v) is 3.81. The van der Waals surface area contributed by atoms with E-state index in [9.17, 15) is 4.79 Å². The van der Waals surface area contributed by atoms with Crippen molar-refractivity contribution in [3.8, 4) is 11.5 Å². The molecule has 0 aliphatic carbocycles. The maximum atomic E-state index is 11.2. The van der Waals surface area contributed by atoms with Gasteiger partial charge in [0.1, 0.15) is 17.8 Å². The maximum Gasteiger partial charge on any atom is 0.144 e. The van der Waals surface area contributed by atoms with Crippen LogP contribution in [-0.2, 0) is 4.79 Å². The number of hydrogen-bond donors (Lipinski definition) is 1. The maximum absolute atomic E-state index is 11.2. The molecule has 0 amide bonds. The molecule has 2 aromatic carbocycles. The highest BCUT2D eigenvalue weighted by atomic mass is 16.5. The van der Waals surface area contributed by atoms with Gasteiger partial charge in [-0.15, -0.1) is 0 Å². The van der Waals surface area contributed by atoms with Gasteiger partial charge in [-0.1, -0.05) is 12.1 Å². The summed E-state index contributed by atoms with van der Waals surface area (Å²) in [5.74, 6) is 1.47. The summed E-state index contributed by atoms with van der Waals surface area (Å²) in [5, 5.41) is 3.11. The van der Waals surface area contributed by atoms with E-state index in [0.717, 1.165) is 34.7 Å². The van der Waals surface area contributed by atoms with E-state index >= 15 is 0 Å². The highest BCUT2D eigenvalue weighted by molar-refractivity contribution is 5.90. The number of aldehydes is 1. The van der Waals surface area contributed by atoms with Crippen molar-refractivity contribution in [3.63, 3.8) is 0 Å². The molecular formula is C19H22N2O3. The second-order valence-corrected chi connectivity index (χ2v) is 5.08. The summed E-state index contributed by atoms with van der Waals surface area (Å²) < 4.78 is 10.8. The third-order valence-electron chi connectivity index (χ3n) is 3.81. The van der Waals surface area contributed by atoms with Crippen LogP contribution in [0.2, 0.25) is 0 Å². The van der Waals surface area contributed by atoms with Crippen LogP contribution in [0.3, 0.4) is 0 Å². The van der Waals surface area contributed by atoms with Crippen LogP contribution >= 0.6 is 0 Å². The summed E-state index contributed by atoms with van der Waals surface area (Å²) in [7, 11) is 6.99. The summed E-state index contributed by atoms with van der Waals surface area (Å²) >= 11 is 0. The number of para-hydroxylation sites is 1. The van der Waals surface area contributed by atoms with Gasteiger partial charge in [-0.05, 0) is 30.3 Å². The Labute approximate surface area is 142 Å². The van der Waals surface area contributed by atoms with Gasteiger partial charge in [-0.25, -0.2) is 0 Å². The Morgan fingerprint density at radius 2 is 1.79 bits per heavy atom. The molecule has 0 heterocycles. The Kier molecular flexibility index (Phi) is 5.84. The molecule has 0 fully saturated rings. The van der Waals surface area contributed by atoms with Crippen LogP contribution in [0.4, 0.5) is 11.4 Å². The Balaban J connectivity index is 2.49. The number of carbonyl (C=O) groups is 1. The fourth-order valence-corrected chi connectivity index (χ4v) is 2.54. The first-order valence-corrected chi connectivity index (χ1v) is 7.54. The van der Waals surface area contributed by atoms with Crippen molar-refractivity contribution >= 4 is 23.4 Å². The molecule has 0 unspecified atom stereocenters. The van der Waals surface area contributed by atoms with Crippen LogP contribution in [0.5, 0.6) is 11.5 Å². The van der Waals surface area contributed by atoms with Crippen molar-refractivity contribution in [1.29, 1.82) is 0 Å². The van der Waals surface area contributed by atoms with E-state index in [2.05, 4.69) is 5.32 Å². The van der Waals surface area contributed by atoms with Gasteiger partial charge < -0.3 is 19.7 Å². The number of rotatable bonds is 7. The van der Waals surface area contributed by atoms with E-state index in [1.165, 1.54) is 6.08 Å². The summed E-state index contributed by atoms with van der Waals surface area (Å²) in [4.78, 5) is 13.1. The van der Waals surface area contributed by atoms with Crippen LogP contribution in [0.1, 0.15) is 5.56 Å². The number of ether oxygens (including phenoxy) is 2. The molecule has 0 aliphatic heterocycles. The number of benzene rings is 2. The summed E-state index contributed by atoms with van der Waals surface area (Å²) in [6, 6.07) is 13.4. The second kappa shape index (κ2) is 8.06. The lowest BCUT2D eigenvalue weighted by Crippen LogP contribution is -2.16. The molecule has 0 aliphatic rings. The number of hydrogen-bond acceptors (Lipinski definition) is 5. The Bertz CT molecular complexity index is 741. The topological polar surface area (TPSA) is 50.8 Å². The normalized spacial score (nSPS) is 10.9. The molecule has 5 heteroatoms. The molecule has 0 atom stereocenters. The Morgan fingerprint density at radius 3 is 2.42 bits per heavy atom. The van der Waals surface area contributed by atoms with Gasteiger partial charge in [0.25, 0.3) is 0 Å². The molecule has 0 saturated carbocycles. The zero-order valence-corrected chi connectivity index (χ0v) is 14.4. The minimum absolute atomic E-state index is 0.708. The molecule has 1 N–H and O–H groups in total. The Morgan fingerprint density at radius 1 is 1.08 bits per heavy atom. The van der Waals surface area contributed by atoms with Gasteiger partial charge in [-0.3, -0.25) is 4.79 Å². The van der Waals surface area contributed by atoms with Crippen molar-refractivity contribution in [2.45, 2.75) is 0 Å². The SMILES string of the molecule is CNc1cc(N(C)/C(=C/C=O)c2ccccc2OC)ccc1OC. The lowest BCUT2D eigenvalue weighted by Gasteiger charge is -2.25. The van der Waals surface area contributed by atoms with Crippen molar-refractivity contribution in [2.24, 2.45) is 0 Å². The summed E-state index contributed by atoms with van der Waals surface area (Å²) in [6.07, 6.45) is 2.31. The van der Waals surface area contributed by atoms with Gasteiger partial charge in [0.05, 0.1) is 25.6 Å². The lowest BCUT2D eigenvalue weighted by molar-refractivity contribution is -0.104. The van der Waals surface area contributed by atoms with Gasteiger partial charge in [0.2, 0.25) is 0 Å². The van der Waals surface area contributed by atoms with Crippen LogP contribution in [-0.4, -0.2) is 34.6 Å². The molecule has 0 aromatic heterocycles. The standard InChI is InChI=1S/C19H22N2O3/c1-20-16-13-14(9-10-19(16)24-4)21(2)17(11-12-22)15-7-5-6-8-18(15)23-3/h5-13,20H,1-4H3/b17-11+. The van der Waals surface area contributed by atoms with Crippen molar-refractivity contribution in [2.75, 3.05) is 38.5 Å². The number of nitrogens with zero attached hydrogens (tertiary/aromatic N) is 1. The molecule has 0 bridgehead atoms. The number of allylic oxidation sites excluding steroid dienone is 1. The summed E-state index contributed by atoms with van der Waals surface area (Å²) in [6.45, 7) is 0. The first-order chi connectivity index (χ1) is 11.7. The zero-order chi connectivity index (χ0) is 17.5. The largest absolute Gasteiger partial charge is 0.496 e. The molecule has 5 nitrogen and oxygen atoms in total. The van der Waals surface area contributed by atoms with Gasteiger partial charge in [-0.2, -0.15) is 0 Å². The average Bonchev–Trinajstić information content (AvgIpc) is 2.64. The van der Waals surface area contributed by atoms with Crippen LogP contribution in [0.15, 0.2) is 48.5 Å². The minimum atomic E-state index is 0.708. The highest BCUT2D eigenvalue weighted by Crippen LogP contribution is 2.34. The molecule has 126 valence electrons. The van der Waals surface area contributed by atoms with Gasteiger partial charge in [0, 0.05) is 31.4 Å². The van der Waals surface area contributed by atoms with E-state index in [0.29, 0.717) is 5.75 Å². The number of anilines is 2. The fourth-order valence-electron chi connectivity index (χ4n) is 2.54. The second-order valence-electron chi connectivity index (χ2n) is 5.08. The molecule has 0 radical (unpaired) electrons. The summed E-state index contributed by atoms with van der Waals surface area (Å²) in [5.41, 5.74) is 3.37. The van der Waals surface area contributed by atoms with Crippen molar-refractivity contribution < 1.29 is 14.3 Å². The zero-order valence-electron chi connectivity index (χ0n) is 14.4. The van der Waals surface area contributed by atoms with Crippen LogP contribution in [0, 0.1) is 0 Å². The molecule has 0 spiro atoms. The monoisotopic (exact) mass is 326 g/mol. The Hall–Kier alpha value is -2.95. The first-order valence-electron chi connectivity index (χ1n) is 7.54. The number of nitrogens with one attached hydrogen (secondary N) is 1.